The molecule has 1 saturated heterocycles. The first-order valence-electron chi connectivity index (χ1n) is 10.1. The van der Waals surface area contributed by atoms with Crippen LogP contribution in [0, 0.1) is 29.5 Å². The van der Waals surface area contributed by atoms with Gasteiger partial charge in [0.05, 0.1) is 11.8 Å². The Balaban J connectivity index is 1.20. The van der Waals surface area contributed by atoms with Crippen LogP contribution in [-0.4, -0.2) is 38.8 Å². The van der Waals surface area contributed by atoms with Crippen LogP contribution in [0.1, 0.15) is 32.1 Å². The van der Waals surface area contributed by atoms with Crippen molar-refractivity contribution in [3.05, 3.63) is 30.1 Å². The Morgan fingerprint density at radius 2 is 1.59 bits per heavy atom. The van der Waals surface area contributed by atoms with E-state index in [1.807, 2.05) is 0 Å². The van der Waals surface area contributed by atoms with Crippen LogP contribution in [0.3, 0.4) is 0 Å². The molecule has 0 radical (unpaired) electrons. The van der Waals surface area contributed by atoms with E-state index in [2.05, 4.69) is 37.2 Å². The molecule has 2 aliphatic carbocycles. The van der Waals surface area contributed by atoms with Crippen LogP contribution in [0.5, 0.6) is 0 Å². The molecule has 5 nitrogen and oxygen atoms in total. The Morgan fingerprint density at radius 3 is 2.17 bits per heavy atom. The molecular formula is C21H23Br2FN2O3. The van der Waals surface area contributed by atoms with Crippen LogP contribution >= 0.6 is 31.9 Å². The van der Waals surface area contributed by atoms with Gasteiger partial charge in [-0.15, -0.1) is 0 Å². The summed E-state index contributed by atoms with van der Waals surface area (Å²) < 4.78 is 12.9. The highest BCUT2D eigenvalue weighted by Gasteiger charge is 2.66. The van der Waals surface area contributed by atoms with E-state index in [0.29, 0.717) is 31.5 Å². The van der Waals surface area contributed by atoms with Gasteiger partial charge in [-0.05, 0) is 55.4 Å². The van der Waals surface area contributed by atoms with Crippen molar-refractivity contribution in [1.82, 2.24) is 4.90 Å². The number of hydrogen-bond donors (Lipinski definition) is 1. The van der Waals surface area contributed by atoms with E-state index in [4.69, 9.17) is 0 Å². The van der Waals surface area contributed by atoms with Gasteiger partial charge in [-0.2, -0.15) is 0 Å². The Kier molecular flexibility index (Phi) is 6.11. The molecule has 4 rings (SSSR count). The molecule has 0 aromatic heterocycles. The maximum Gasteiger partial charge on any atom is 0.233 e. The third-order valence-corrected chi connectivity index (χ3v) is 9.70. The first-order valence-corrected chi connectivity index (χ1v) is 11.9. The third-order valence-electron chi connectivity index (χ3n) is 6.49. The van der Waals surface area contributed by atoms with Crippen LogP contribution in [-0.2, 0) is 14.4 Å². The van der Waals surface area contributed by atoms with Crippen molar-refractivity contribution in [2.45, 2.75) is 41.8 Å². The van der Waals surface area contributed by atoms with Crippen molar-refractivity contribution >= 4 is 55.3 Å². The molecule has 2 bridgehead atoms. The number of anilines is 1. The van der Waals surface area contributed by atoms with Crippen molar-refractivity contribution in [2.75, 3.05) is 11.9 Å². The van der Waals surface area contributed by atoms with Gasteiger partial charge in [0, 0.05) is 28.3 Å². The Bertz CT molecular complexity index is 787. The van der Waals surface area contributed by atoms with Crippen molar-refractivity contribution in [2.24, 2.45) is 23.7 Å². The number of imide groups is 1. The molecule has 3 aliphatic rings. The minimum Gasteiger partial charge on any atom is -0.326 e. The van der Waals surface area contributed by atoms with Crippen LogP contribution in [0.2, 0.25) is 0 Å². The summed E-state index contributed by atoms with van der Waals surface area (Å²) >= 11 is 7.39. The van der Waals surface area contributed by atoms with Crippen LogP contribution < -0.4 is 5.32 Å². The number of carbonyl (C=O) groups is 3. The van der Waals surface area contributed by atoms with Crippen molar-refractivity contribution in [3.8, 4) is 0 Å². The number of alkyl halides is 2. The molecule has 2 saturated carbocycles. The highest BCUT2D eigenvalue weighted by molar-refractivity contribution is 9.12. The number of rotatable bonds is 7. The second-order valence-corrected chi connectivity index (χ2v) is 10.3. The van der Waals surface area contributed by atoms with Gasteiger partial charge in [-0.25, -0.2) is 4.39 Å². The van der Waals surface area contributed by atoms with Gasteiger partial charge >= 0.3 is 0 Å². The predicted octanol–water partition coefficient (Wildman–Crippen LogP) is 4.10. The van der Waals surface area contributed by atoms with Gasteiger partial charge in [0.25, 0.3) is 0 Å². The number of fused-ring (bicyclic) bond motifs is 5. The molecule has 1 aliphatic heterocycles. The summed E-state index contributed by atoms with van der Waals surface area (Å²) in [4.78, 5) is 39.6. The zero-order valence-corrected chi connectivity index (χ0v) is 19.0. The average molecular weight is 530 g/mol. The lowest BCUT2D eigenvalue weighted by Gasteiger charge is -2.28. The number of amides is 3. The summed E-state index contributed by atoms with van der Waals surface area (Å²) in [5.41, 5.74) is 0.570. The van der Waals surface area contributed by atoms with Gasteiger partial charge in [0.15, 0.2) is 0 Å². The van der Waals surface area contributed by atoms with Crippen LogP contribution in [0.15, 0.2) is 24.3 Å². The van der Waals surface area contributed by atoms with Crippen molar-refractivity contribution in [3.63, 3.8) is 0 Å². The molecule has 8 heteroatoms. The Morgan fingerprint density at radius 1 is 1.00 bits per heavy atom. The number of unbranched alkanes of at least 4 members (excludes halogenated alkanes) is 2. The normalized spacial score (nSPS) is 32.7. The Labute approximate surface area is 186 Å². The minimum atomic E-state index is -0.343. The highest BCUT2D eigenvalue weighted by Crippen LogP contribution is 2.60. The van der Waals surface area contributed by atoms with E-state index in [0.717, 1.165) is 12.8 Å². The number of halogens is 3. The summed E-state index contributed by atoms with van der Waals surface area (Å²) in [6.45, 7) is 0.434. The van der Waals surface area contributed by atoms with Crippen LogP contribution in [0.4, 0.5) is 10.1 Å². The smallest absolute Gasteiger partial charge is 0.233 e. The van der Waals surface area contributed by atoms with Gasteiger partial charge in [0.2, 0.25) is 17.7 Å². The van der Waals surface area contributed by atoms with Crippen molar-refractivity contribution in [1.29, 1.82) is 0 Å². The highest BCUT2D eigenvalue weighted by atomic mass is 79.9. The molecule has 1 N–H and O–H groups in total. The molecule has 29 heavy (non-hydrogen) atoms. The second kappa shape index (κ2) is 8.46. The minimum absolute atomic E-state index is 0.00889. The molecular weight excluding hydrogens is 507 g/mol. The summed E-state index contributed by atoms with van der Waals surface area (Å²) in [7, 11) is 0. The average Bonchev–Trinajstić information content (AvgIpc) is 3.29. The lowest BCUT2D eigenvalue weighted by atomic mass is 9.81. The van der Waals surface area contributed by atoms with Crippen LogP contribution in [0.25, 0.3) is 0 Å². The second-order valence-electron chi connectivity index (χ2n) is 8.20. The van der Waals surface area contributed by atoms with E-state index >= 15 is 0 Å². The summed E-state index contributed by atoms with van der Waals surface area (Å²) in [5.74, 6) is -0.320. The monoisotopic (exact) mass is 528 g/mol. The lowest BCUT2D eigenvalue weighted by molar-refractivity contribution is -0.140. The first kappa shape index (κ1) is 21.0. The third kappa shape index (κ3) is 3.90. The summed E-state index contributed by atoms with van der Waals surface area (Å²) in [6, 6.07) is 5.65. The number of nitrogens with one attached hydrogen (secondary N) is 1. The molecule has 3 fully saturated rings. The Hall–Kier alpha value is -1.28. The molecule has 0 unspecified atom stereocenters. The molecule has 1 heterocycles. The largest absolute Gasteiger partial charge is 0.326 e. The zero-order chi connectivity index (χ0) is 20.7. The fraction of sp³-hybridized carbons (Fsp3) is 0.571. The van der Waals surface area contributed by atoms with Gasteiger partial charge in [-0.3, -0.25) is 19.3 Å². The first-order chi connectivity index (χ1) is 13.9. The SMILES string of the molecule is O=C(CCCCCN1C(=O)[C@@H]2[C@H]3C[C@@H]([C@H](Br)[C@H]3Br)[C@@H]2C1=O)Nc1ccc(F)cc1. The van der Waals surface area contributed by atoms with E-state index < -0.39 is 0 Å². The standard InChI is InChI=1S/C21H23Br2FN2O3/c22-18-13-10-14(19(18)23)17-16(13)20(28)26(21(17)29)9-3-1-2-4-15(27)25-12-7-5-11(24)6-8-12/h5-8,13-14,16-19H,1-4,9-10H2,(H,25,27)/t13-,14-,16-,17+,18+,19+/m1/s1. The lowest BCUT2D eigenvalue weighted by Crippen LogP contribution is -2.37. The van der Waals surface area contributed by atoms with E-state index in [1.54, 1.807) is 0 Å². The van der Waals surface area contributed by atoms with E-state index in [-0.39, 0.29) is 56.9 Å². The number of hydrogen-bond acceptors (Lipinski definition) is 3. The number of nitrogens with zero attached hydrogens (tertiary/aromatic N) is 1. The molecule has 156 valence electrons. The van der Waals surface area contributed by atoms with Crippen molar-refractivity contribution < 1.29 is 18.8 Å². The van der Waals surface area contributed by atoms with E-state index in [9.17, 15) is 18.8 Å². The zero-order valence-electron chi connectivity index (χ0n) is 15.8. The molecule has 1 aromatic rings. The molecule has 0 spiro atoms. The fourth-order valence-corrected chi connectivity index (χ4v) is 6.99. The number of carbonyl (C=O) groups excluding carboxylic acids is 3. The van der Waals surface area contributed by atoms with Gasteiger partial charge in [0.1, 0.15) is 5.82 Å². The number of benzene rings is 1. The summed E-state index contributed by atoms with van der Waals surface area (Å²) in [5, 5.41) is 2.73. The maximum atomic E-state index is 12.9. The van der Waals surface area contributed by atoms with Gasteiger partial charge < -0.3 is 5.32 Å². The maximum absolute atomic E-state index is 12.9. The van der Waals surface area contributed by atoms with E-state index in [1.165, 1.54) is 29.2 Å². The number of likely N-dealkylation sites (tertiary alicyclic amines) is 1. The quantitative estimate of drug-likeness (QED) is 0.328. The summed E-state index contributed by atoms with van der Waals surface area (Å²) in [6.07, 6.45) is 3.43. The predicted molar refractivity (Wildman–Crippen MR) is 114 cm³/mol. The molecule has 6 atom stereocenters. The van der Waals surface area contributed by atoms with Gasteiger partial charge in [-0.1, -0.05) is 38.3 Å². The molecule has 1 aromatic carbocycles. The topological polar surface area (TPSA) is 66.5 Å². The molecule has 3 amide bonds. The fourth-order valence-electron chi connectivity index (χ4n) is 5.12.